The fourth-order valence-electron chi connectivity index (χ4n) is 3.41. The normalized spacial score (nSPS) is 23.3. The number of nitrogens with zero attached hydrogens (tertiary/aromatic N) is 1. The quantitative estimate of drug-likeness (QED) is 0.640. The molecule has 0 radical (unpaired) electrons. The van der Waals surface area contributed by atoms with Crippen LogP contribution in [0.15, 0.2) is 18.2 Å². The number of halogens is 1. The molecule has 1 aromatic carbocycles. The first kappa shape index (κ1) is 16.9. The van der Waals surface area contributed by atoms with Crippen LogP contribution in [0, 0.1) is 5.92 Å². The number of ketones is 1. The Morgan fingerprint density at radius 2 is 2.21 bits per heavy atom. The number of carbonyl (C=O) groups is 3. The highest BCUT2D eigenvalue weighted by Gasteiger charge is 2.39. The number of esters is 1. The number of hydrogen-bond acceptors (Lipinski definition) is 4. The number of rotatable bonds is 4. The predicted octanol–water partition coefficient (Wildman–Crippen LogP) is 0.685. The number of benzene rings is 1. The van der Waals surface area contributed by atoms with E-state index in [0.717, 1.165) is 24.3 Å². The Labute approximate surface area is 145 Å². The number of nitrogens with one attached hydrogen (secondary N) is 1. The Bertz CT molecular complexity index is 691. The third kappa shape index (κ3) is 3.16. The molecule has 6 nitrogen and oxygen atoms in total. The molecule has 1 N–H and O–H groups in total. The number of anilines is 1. The van der Waals surface area contributed by atoms with Crippen molar-refractivity contribution in [3.8, 4) is 0 Å². The summed E-state index contributed by atoms with van der Waals surface area (Å²) in [6.45, 7) is 4.01. The van der Waals surface area contributed by atoms with E-state index in [0.29, 0.717) is 36.1 Å². The minimum atomic E-state index is -0.530. The molecule has 1 amide bonds. The van der Waals surface area contributed by atoms with Gasteiger partial charge in [0.25, 0.3) is 5.78 Å². The van der Waals surface area contributed by atoms with Crippen molar-refractivity contribution in [3.05, 3.63) is 28.8 Å². The van der Waals surface area contributed by atoms with Gasteiger partial charge in [0, 0.05) is 5.02 Å². The summed E-state index contributed by atoms with van der Waals surface area (Å²) >= 11 is 5.92. The van der Waals surface area contributed by atoms with Crippen LogP contribution in [0.2, 0.25) is 5.02 Å². The minimum Gasteiger partial charge on any atom is -0.466 e. The average Bonchev–Trinajstić information content (AvgIpc) is 2.80. The Balaban J connectivity index is 1.73. The molecule has 24 heavy (non-hydrogen) atoms. The van der Waals surface area contributed by atoms with E-state index in [9.17, 15) is 14.4 Å². The SMILES string of the molecule is CCOC(=O)[C@@H]1CCC[NH+](CN2C(=O)C(=O)c3cc(Cl)ccc32)C1. The second-order valence-corrected chi connectivity index (χ2v) is 6.61. The Hall–Kier alpha value is -1.92. The van der Waals surface area contributed by atoms with Gasteiger partial charge in [-0.1, -0.05) is 11.6 Å². The second-order valence-electron chi connectivity index (χ2n) is 6.18. The molecule has 1 fully saturated rings. The summed E-state index contributed by atoms with van der Waals surface area (Å²) in [6.07, 6.45) is 1.70. The van der Waals surface area contributed by atoms with Crippen LogP contribution in [0.4, 0.5) is 5.69 Å². The van der Waals surface area contributed by atoms with Gasteiger partial charge in [-0.3, -0.25) is 19.3 Å². The first-order chi connectivity index (χ1) is 11.5. The zero-order valence-corrected chi connectivity index (χ0v) is 14.3. The maximum Gasteiger partial charge on any atom is 0.314 e. The topological polar surface area (TPSA) is 68.1 Å². The van der Waals surface area contributed by atoms with Gasteiger partial charge in [-0.25, -0.2) is 0 Å². The molecule has 128 valence electrons. The van der Waals surface area contributed by atoms with Crippen molar-refractivity contribution >= 4 is 34.9 Å². The molecule has 1 unspecified atom stereocenters. The van der Waals surface area contributed by atoms with Gasteiger partial charge in [-0.05, 0) is 38.0 Å². The lowest BCUT2D eigenvalue weighted by Crippen LogP contribution is -3.15. The predicted molar refractivity (Wildman–Crippen MR) is 88.2 cm³/mol. The lowest BCUT2D eigenvalue weighted by atomic mass is 9.98. The number of quaternary nitrogens is 1. The number of carbonyl (C=O) groups excluding carboxylic acids is 3. The highest BCUT2D eigenvalue weighted by molar-refractivity contribution is 6.52. The summed E-state index contributed by atoms with van der Waals surface area (Å²) in [5, 5.41) is 0.435. The first-order valence-electron chi connectivity index (χ1n) is 8.17. The summed E-state index contributed by atoms with van der Waals surface area (Å²) in [7, 11) is 0. The van der Waals surface area contributed by atoms with Gasteiger partial charge in [0.2, 0.25) is 0 Å². The van der Waals surface area contributed by atoms with E-state index >= 15 is 0 Å². The molecule has 0 aromatic heterocycles. The number of ether oxygens (including phenoxy) is 1. The minimum absolute atomic E-state index is 0.146. The monoisotopic (exact) mass is 351 g/mol. The molecule has 0 spiro atoms. The average molecular weight is 352 g/mol. The number of Topliss-reactive ketones (excluding diaryl/α,β-unsaturated/α-hetero) is 1. The summed E-state index contributed by atoms with van der Waals surface area (Å²) in [6, 6.07) is 4.91. The van der Waals surface area contributed by atoms with E-state index in [1.807, 2.05) is 0 Å². The van der Waals surface area contributed by atoms with Crippen molar-refractivity contribution in [1.29, 1.82) is 0 Å². The number of likely N-dealkylation sites (tertiary alicyclic amines) is 1. The molecule has 3 rings (SSSR count). The van der Waals surface area contributed by atoms with Gasteiger partial charge in [0.1, 0.15) is 5.92 Å². The fraction of sp³-hybridized carbons (Fsp3) is 0.471. The molecule has 2 heterocycles. The number of hydrogen-bond donors (Lipinski definition) is 1. The summed E-state index contributed by atoms with van der Waals surface area (Å²) in [5.74, 6) is -1.37. The standard InChI is InChI=1S/C17H19ClN2O4/c1-2-24-17(23)11-4-3-7-19(9-11)10-20-14-6-5-12(18)8-13(14)15(21)16(20)22/h5-6,8,11H,2-4,7,9-10H2,1H3/p+1/t11-/m1/s1. The van der Waals surface area contributed by atoms with Gasteiger partial charge in [0.05, 0.1) is 30.9 Å². The van der Waals surface area contributed by atoms with Crippen LogP contribution in [0.25, 0.3) is 0 Å². The van der Waals surface area contributed by atoms with E-state index in [-0.39, 0.29) is 11.9 Å². The van der Waals surface area contributed by atoms with Crippen LogP contribution in [0.5, 0.6) is 0 Å². The molecule has 0 bridgehead atoms. The fourth-order valence-corrected chi connectivity index (χ4v) is 3.58. The molecule has 1 saturated heterocycles. The maximum atomic E-state index is 12.3. The van der Waals surface area contributed by atoms with Crippen molar-refractivity contribution in [2.24, 2.45) is 5.92 Å². The van der Waals surface area contributed by atoms with Crippen LogP contribution in [0.3, 0.4) is 0 Å². The van der Waals surface area contributed by atoms with E-state index in [1.165, 1.54) is 11.0 Å². The number of piperidine rings is 1. The van der Waals surface area contributed by atoms with Crippen molar-refractivity contribution in [1.82, 2.24) is 0 Å². The molecule has 2 aliphatic heterocycles. The summed E-state index contributed by atoms with van der Waals surface area (Å²) < 4.78 is 5.11. The van der Waals surface area contributed by atoms with E-state index in [2.05, 4.69) is 0 Å². The van der Waals surface area contributed by atoms with E-state index in [1.54, 1.807) is 19.1 Å². The van der Waals surface area contributed by atoms with Gasteiger partial charge in [0.15, 0.2) is 6.67 Å². The van der Waals surface area contributed by atoms with Crippen molar-refractivity contribution in [2.75, 3.05) is 31.3 Å². The van der Waals surface area contributed by atoms with Gasteiger partial charge >= 0.3 is 11.9 Å². The Kier molecular flexibility index (Phi) is 4.87. The number of fused-ring (bicyclic) bond motifs is 1. The van der Waals surface area contributed by atoms with E-state index in [4.69, 9.17) is 16.3 Å². The molecule has 0 saturated carbocycles. The van der Waals surface area contributed by atoms with Crippen molar-refractivity contribution in [3.63, 3.8) is 0 Å². The van der Waals surface area contributed by atoms with Crippen LogP contribution in [0.1, 0.15) is 30.1 Å². The molecular weight excluding hydrogens is 332 g/mol. The Morgan fingerprint density at radius 3 is 2.96 bits per heavy atom. The maximum absolute atomic E-state index is 12.3. The lowest BCUT2D eigenvalue weighted by Gasteiger charge is -2.31. The molecule has 2 aliphatic rings. The van der Waals surface area contributed by atoms with Crippen LogP contribution < -0.4 is 9.80 Å². The van der Waals surface area contributed by atoms with E-state index < -0.39 is 11.7 Å². The van der Waals surface area contributed by atoms with Crippen LogP contribution in [-0.4, -0.2) is 44.0 Å². The molecule has 1 aromatic rings. The smallest absolute Gasteiger partial charge is 0.314 e. The molecule has 2 atom stereocenters. The van der Waals surface area contributed by atoms with Crippen LogP contribution in [-0.2, 0) is 14.3 Å². The summed E-state index contributed by atoms with van der Waals surface area (Å²) in [5.41, 5.74) is 0.950. The summed E-state index contributed by atoms with van der Waals surface area (Å²) in [4.78, 5) is 39.0. The zero-order chi connectivity index (χ0) is 17.3. The third-order valence-corrected chi connectivity index (χ3v) is 4.79. The van der Waals surface area contributed by atoms with Gasteiger partial charge in [-0.15, -0.1) is 0 Å². The molecule has 0 aliphatic carbocycles. The third-order valence-electron chi connectivity index (χ3n) is 4.55. The lowest BCUT2D eigenvalue weighted by molar-refractivity contribution is -0.906. The van der Waals surface area contributed by atoms with Gasteiger partial charge < -0.3 is 9.64 Å². The van der Waals surface area contributed by atoms with Crippen LogP contribution >= 0.6 is 11.6 Å². The first-order valence-corrected chi connectivity index (χ1v) is 8.55. The second kappa shape index (κ2) is 6.91. The zero-order valence-electron chi connectivity index (χ0n) is 13.5. The highest BCUT2D eigenvalue weighted by Crippen LogP contribution is 2.30. The molecule has 7 heteroatoms. The van der Waals surface area contributed by atoms with Crippen molar-refractivity contribution < 1.29 is 24.0 Å². The number of amides is 1. The molecular formula is C17H20ClN2O4+. The largest absolute Gasteiger partial charge is 0.466 e. The van der Waals surface area contributed by atoms with Crippen molar-refractivity contribution in [2.45, 2.75) is 19.8 Å². The Morgan fingerprint density at radius 1 is 1.42 bits per heavy atom. The van der Waals surface area contributed by atoms with Gasteiger partial charge in [-0.2, -0.15) is 0 Å². The highest BCUT2D eigenvalue weighted by atomic mass is 35.5.